The van der Waals surface area contributed by atoms with Crippen molar-refractivity contribution in [2.24, 2.45) is 41.4 Å². The molecule has 0 aromatic carbocycles. The first-order chi connectivity index (χ1) is 48.1. The highest BCUT2D eigenvalue weighted by molar-refractivity contribution is 6.00. The van der Waals surface area contributed by atoms with E-state index in [1.165, 1.54) is 99.5 Å². The Labute approximate surface area is 617 Å². The van der Waals surface area contributed by atoms with E-state index in [1.54, 1.807) is 53.4 Å². The van der Waals surface area contributed by atoms with Gasteiger partial charge in [-0.25, -0.2) is 0 Å². The molecule has 12 amide bonds. The second-order valence-electron chi connectivity index (χ2n) is 30.6. The number of ether oxygens (including phenoxy) is 2. The van der Waals surface area contributed by atoms with Gasteiger partial charge in [-0.3, -0.25) is 62.4 Å². The highest BCUT2D eigenvalue weighted by Gasteiger charge is 2.48. The summed E-state index contributed by atoms with van der Waals surface area (Å²) in [5.41, 5.74) is 0. The highest BCUT2D eigenvalue weighted by Crippen LogP contribution is 2.29. The number of allylic oxidation sites excluding steroid dienone is 3. The lowest BCUT2D eigenvalue weighted by Crippen LogP contribution is -2.64. The van der Waals surface area contributed by atoms with Crippen LogP contribution in [0.3, 0.4) is 0 Å². The van der Waals surface area contributed by atoms with E-state index in [2.05, 4.69) is 27.8 Å². The number of alkyl halides is 3. The average Bonchev–Trinajstić information content (AvgIpc) is 0.829. The first-order valence-corrected chi connectivity index (χ1v) is 36.8. The standard InChI is InChI=1S/C74H128F3N13O14/c1-27-29-30-48(15)62(104-47(13)14)61-66(95)80-53(28-2)69(98)82(20)52(19)68(97)87(25)60(49(16)40-103-41-57(91)90-35-33-89(34-36-90)32-31-74(75,76)77)65(94)81-58(45(9)10)72(101)83(21)54(37-42(3)4)64(93)78-50(17)63(92)79-51(18)67(96)84(22)55(38-43(5)6)70(99)85(23)56(39-44(7)8)71(100)86(24)59(46(11)12)73(102)88(61)26/h27,29,42-46,48-56,58-62H,13,28,30-41H2,1-12,14-26H3,(H,78,93)(H,79,92)(H,80,95)(H,81,94)/b29-27+/t48-,49-,50+,51-,52-,53+,54+,55+,56+,58+,59+,60+,61+,62-/m1/s1. The third kappa shape index (κ3) is 26.6. The van der Waals surface area contributed by atoms with Gasteiger partial charge >= 0.3 is 6.18 Å². The summed E-state index contributed by atoms with van der Waals surface area (Å²) in [6.07, 6.45) is -2.19. The normalized spacial score (nSPS) is 26.3. The monoisotopic (exact) mass is 1480 g/mol. The first-order valence-electron chi connectivity index (χ1n) is 36.8. The Balaban J connectivity index is 3.07. The first kappa shape index (κ1) is 92.7. The van der Waals surface area contributed by atoms with Crippen molar-refractivity contribution in [2.75, 3.05) is 95.3 Å². The van der Waals surface area contributed by atoms with E-state index in [0.29, 0.717) is 6.42 Å². The summed E-state index contributed by atoms with van der Waals surface area (Å²) in [4.78, 5) is 190. The molecule has 0 unspecified atom stereocenters. The Hall–Kier alpha value is -7.37. The molecule has 4 N–H and O–H groups in total. The van der Waals surface area contributed by atoms with Crippen molar-refractivity contribution in [3.8, 4) is 0 Å². The summed E-state index contributed by atoms with van der Waals surface area (Å²) in [6.45, 7) is 34.1. The van der Waals surface area contributed by atoms with Gasteiger partial charge in [-0.15, -0.1) is 0 Å². The lowest BCUT2D eigenvalue weighted by molar-refractivity contribution is -0.158. The molecule has 27 nitrogen and oxygen atoms in total. The molecule has 30 heteroatoms. The smallest absolute Gasteiger partial charge is 0.390 e. The second-order valence-corrected chi connectivity index (χ2v) is 30.6. The highest BCUT2D eigenvalue weighted by atomic mass is 19.4. The molecule has 2 saturated heterocycles. The minimum atomic E-state index is -4.35. The molecule has 0 saturated carbocycles. The molecule has 2 heterocycles. The van der Waals surface area contributed by atoms with Crippen LogP contribution in [0, 0.1) is 41.4 Å². The number of carbonyl (C=O) groups excluding carboxylic acids is 12. The van der Waals surface area contributed by atoms with E-state index in [4.69, 9.17) is 9.47 Å². The Morgan fingerprint density at radius 2 is 1.02 bits per heavy atom. The maximum absolute atomic E-state index is 15.6. The fourth-order valence-electron chi connectivity index (χ4n) is 13.2. The molecule has 0 aromatic heterocycles. The zero-order valence-corrected chi connectivity index (χ0v) is 66.9. The van der Waals surface area contributed by atoms with Gasteiger partial charge in [0.2, 0.25) is 70.9 Å². The number of rotatable bonds is 22. The largest absolute Gasteiger partial charge is 0.493 e. The summed E-state index contributed by atoms with van der Waals surface area (Å²) in [5, 5.41) is 11.0. The number of piperazine rings is 1. The van der Waals surface area contributed by atoms with Crippen molar-refractivity contribution in [2.45, 2.75) is 242 Å². The Bertz CT molecular complexity index is 2960. The van der Waals surface area contributed by atoms with E-state index in [1.807, 2.05) is 67.5 Å². The fraction of sp³-hybridized carbons (Fsp3) is 0.784. The van der Waals surface area contributed by atoms with Gasteiger partial charge in [-0.2, -0.15) is 13.2 Å². The van der Waals surface area contributed by atoms with Crippen LogP contribution in [-0.4, -0.2) is 289 Å². The third-order valence-electron chi connectivity index (χ3n) is 19.7. The Morgan fingerprint density at radius 1 is 0.548 bits per heavy atom. The van der Waals surface area contributed by atoms with E-state index >= 15 is 38.4 Å². The van der Waals surface area contributed by atoms with Crippen LogP contribution in [0.25, 0.3) is 0 Å². The van der Waals surface area contributed by atoms with Gasteiger partial charge in [0, 0.05) is 88.0 Å². The maximum Gasteiger partial charge on any atom is 0.390 e. The molecule has 104 heavy (non-hydrogen) atoms. The molecule has 0 radical (unpaired) electrons. The summed E-state index contributed by atoms with van der Waals surface area (Å²) in [6, 6.07) is -14.7. The van der Waals surface area contributed by atoms with Crippen molar-refractivity contribution in [1.82, 2.24) is 65.4 Å². The number of carbonyl (C=O) groups is 12. The van der Waals surface area contributed by atoms with Gasteiger partial charge in [0.25, 0.3) is 0 Å². The van der Waals surface area contributed by atoms with Gasteiger partial charge in [0.05, 0.1) is 18.8 Å². The van der Waals surface area contributed by atoms with Crippen molar-refractivity contribution >= 4 is 70.9 Å². The average molecular weight is 1480 g/mol. The number of halogens is 3. The number of hydrogen-bond acceptors (Lipinski definition) is 15. The van der Waals surface area contributed by atoms with Gasteiger partial charge < -0.3 is 69.9 Å². The third-order valence-corrected chi connectivity index (χ3v) is 19.7. The van der Waals surface area contributed by atoms with E-state index < -0.39 is 186 Å². The van der Waals surface area contributed by atoms with Crippen LogP contribution >= 0.6 is 0 Å². The maximum atomic E-state index is 15.6. The zero-order valence-electron chi connectivity index (χ0n) is 66.9. The molecule has 2 aliphatic heterocycles. The second kappa shape index (κ2) is 42.1. The molecule has 2 aliphatic rings. The van der Waals surface area contributed by atoms with Crippen LogP contribution in [0.1, 0.15) is 163 Å². The molecule has 14 atom stereocenters. The van der Waals surface area contributed by atoms with Crippen molar-refractivity contribution in [3.05, 3.63) is 24.5 Å². The van der Waals surface area contributed by atoms with Crippen LogP contribution in [0.2, 0.25) is 0 Å². The molecule has 2 fully saturated rings. The van der Waals surface area contributed by atoms with E-state index in [-0.39, 0.29) is 88.5 Å². The fourth-order valence-corrected chi connectivity index (χ4v) is 13.2. The minimum absolute atomic E-state index is 0.0504. The molecule has 0 aliphatic carbocycles. The minimum Gasteiger partial charge on any atom is -0.493 e. The molecule has 0 spiro atoms. The summed E-state index contributed by atoms with van der Waals surface area (Å²) in [5.74, 6) is -11.8. The number of nitrogens with zero attached hydrogens (tertiary/aromatic N) is 9. The molecule has 0 aromatic rings. The number of nitrogens with one attached hydrogen (secondary N) is 4. The van der Waals surface area contributed by atoms with Crippen molar-refractivity contribution < 1.29 is 80.2 Å². The SMILES string of the molecule is C=C(C)O[C@H]([C@H](C)C/C=C/C)[C@H]1C(=O)N[C@@H](CC)C(=O)N(C)[C@H](C)C(=O)N(C)[C@@H]([C@H](C)COCC(=O)N2CCN(CCC(F)(F)F)CC2)C(=O)N[C@@H](C(C)C)C(=O)N(C)[C@@H](CC(C)C)C(=O)N[C@@H](C)C(=O)N[C@H](C)C(=O)N(C)[C@@H](CC(C)C)C(=O)N(C)[C@@H](CC(C)C)C(=O)N(C)[C@@H](C(C)C)C(=O)N1C. The van der Waals surface area contributed by atoms with Crippen LogP contribution in [0.5, 0.6) is 0 Å². The summed E-state index contributed by atoms with van der Waals surface area (Å²) in [7, 11) is 9.75. The molecule has 2 rings (SSSR count). The summed E-state index contributed by atoms with van der Waals surface area (Å²) >= 11 is 0. The van der Waals surface area contributed by atoms with Crippen LogP contribution < -0.4 is 21.3 Å². The molecular weight excluding hydrogens is 1350 g/mol. The Kier molecular flexibility index (Phi) is 37.5. The number of hydrogen-bond donors (Lipinski definition) is 4. The number of amides is 12. The van der Waals surface area contributed by atoms with Crippen LogP contribution in [0.4, 0.5) is 13.2 Å². The topological polar surface area (TPSA) is 301 Å². The lowest BCUT2D eigenvalue weighted by Gasteiger charge is -2.42. The predicted octanol–water partition coefficient (Wildman–Crippen LogP) is 4.92. The molecule has 594 valence electrons. The quantitative estimate of drug-likeness (QED) is 0.0826. The molecule has 0 bridgehead atoms. The van der Waals surface area contributed by atoms with Crippen molar-refractivity contribution in [3.63, 3.8) is 0 Å². The van der Waals surface area contributed by atoms with Crippen LogP contribution in [-0.2, 0) is 67.0 Å². The molecular formula is C74H128F3N13O14. The van der Waals surface area contributed by atoms with E-state index in [0.717, 1.165) is 9.80 Å². The van der Waals surface area contributed by atoms with Gasteiger partial charge in [-0.05, 0) is 102 Å². The summed E-state index contributed by atoms with van der Waals surface area (Å²) < 4.78 is 51.4. The van der Waals surface area contributed by atoms with E-state index in [9.17, 15) is 32.3 Å². The van der Waals surface area contributed by atoms with Gasteiger partial charge in [0.1, 0.15) is 79.2 Å². The van der Waals surface area contributed by atoms with Gasteiger partial charge in [-0.1, -0.05) is 109 Å². The lowest BCUT2D eigenvalue weighted by atomic mass is 9.91. The Morgan fingerprint density at radius 3 is 1.50 bits per heavy atom. The van der Waals surface area contributed by atoms with Gasteiger partial charge in [0.15, 0.2) is 0 Å². The number of likely N-dealkylation sites (N-methyl/N-ethyl adjacent to an activating group) is 7. The predicted molar refractivity (Wildman–Crippen MR) is 391 cm³/mol. The van der Waals surface area contributed by atoms with Crippen LogP contribution in [0.15, 0.2) is 24.5 Å². The van der Waals surface area contributed by atoms with Crippen molar-refractivity contribution in [1.29, 1.82) is 0 Å². The zero-order chi connectivity index (χ0) is 80.0.